The predicted molar refractivity (Wildman–Crippen MR) is 115 cm³/mol. The molecule has 1 heterocycles. The van der Waals surface area contributed by atoms with Crippen LogP contribution in [-0.2, 0) is 11.3 Å². The summed E-state index contributed by atoms with van der Waals surface area (Å²) >= 11 is 0. The van der Waals surface area contributed by atoms with Crippen LogP contribution in [0.15, 0.2) is 48.5 Å². The Balaban J connectivity index is 1.51. The number of anilines is 2. The summed E-state index contributed by atoms with van der Waals surface area (Å²) in [6.45, 7) is 5.61. The molecule has 0 saturated carbocycles. The van der Waals surface area contributed by atoms with Crippen LogP contribution in [0.4, 0.5) is 11.4 Å². The van der Waals surface area contributed by atoms with E-state index in [1.54, 1.807) is 0 Å². The van der Waals surface area contributed by atoms with Gasteiger partial charge in [-0.05, 0) is 61.9 Å². The molecule has 2 N–H and O–H groups in total. The van der Waals surface area contributed by atoms with Crippen LogP contribution < -0.4 is 15.5 Å². The van der Waals surface area contributed by atoms with E-state index in [9.17, 15) is 4.79 Å². The second kappa shape index (κ2) is 10.2. The fourth-order valence-electron chi connectivity index (χ4n) is 3.38. The van der Waals surface area contributed by atoms with Crippen molar-refractivity contribution in [1.82, 2.24) is 5.32 Å². The van der Waals surface area contributed by atoms with Crippen LogP contribution in [-0.4, -0.2) is 38.7 Å². The first kappa shape index (κ1) is 20.4. The first-order chi connectivity index (χ1) is 13.7. The molecule has 3 rings (SSSR count). The highest BCUT2D eigenvalue weighted by molar-refractivity contribution is 6.04. The highest BCUT2D eigenvalue weighted by Crippen LogP contribution is 2.22. The topological polar surface area (TPSA) is 53.6 Å². The molecule has 150 valence electrons. The Labute approximate surface area is 168 Å². The lowest BCUT2D eigenvalue weighted by molar-refractivity contribution is 0.102. The lowest BCUT2D eigenvalue weighted by atomic mass is 10.1. The molecule has 0 radical (unpaired) electrons. The third-order valence-corrected chi connectivity index (χ3v) is 5.21. The molecule has 2 aromatic rings. The van der Waals surface area contributed by atoms with Gasteiger partial charge < -0.3 is 20.3 Å². The van der Waals surface area contributed by atoms with Gasteiger partial charge in [0, 0.05) is 42.7 Å². The fourth-order valence-corrected chi connectivity index (χ4v) is 3.38. The zero-order valence-electron chi connectivity index (χ0n) is 16.9. The van der Waals surface area contributed by atoms with E-state index in [2.05, 4.69) is 34.6 Å². The van der Waals surface area contributed by atoms with E-state index in [1.165, 1.54) is 5.69 Å². The molecular weight excluding hydrogens is 350 g/mol. The molecule has 0 aliphatic carbocycles. The number of benzene rings is 2. The number of rotatable bonds is 9. The maximum Gasteiger partial charge on any atom is 0.255 e. The molecule has 5 heteroatoms. The Morgan fingerprint density at radius 3 is 2.54 bits per heavy atom. The molecule has 1 amide bonds. The SMILES string of the molecule is CCCCOCc1ccc(C(=O)Nc2ccc(N3CCC(NC)C3)cc2)cc1. The van der Waals surface area contributed by atoms with Gasteiger partial charge in [0.2, 0.25) is 0 Å². The maximum absolute atomic E-state index is 12.5. The number of likely N-dealkylation sites (N-methyl/N-ethyl adjacent to an activating group) is 1. The molecule has 2 aromatic carbocycles. The third kappa shape index (κ3) is 5.57. The molecule has 1 unspecified atom stereocenters. The average molecular weight is 382 g/mol. The van der Waals surface area contributed by atoms with Gasteiger partial charge in [-0.25, -0.2) is 0 Å². The Bertz CT molecular complexity index is 743. The van der Waals surface area contributed by atoms with E-state index >= 15 is 0 Å². The summed E-state index contributed by atoms with van der Waals surface area (Å²) in [5.41, 5.74) is 3.74. The summed E-state index contributed by atoms with van der Waals surface area (Å²) < 4.78 is 5.61. The van der Waals surface area contributed by atoms with Gasteiger partial charge >= 0.3 is 0 Å². The minimum Gasteiger partial charge on any atom is -0.377 e. The fraction of sp³-hybridized carbons (Fsp3) is 0.435. The van der Waals surface area contributed by atoms with Gasteiger partial charge in [-0.1, -0.05) is 25.5 Å². The van der Waals surface area contributed by atoms with Gasteiger partial charge in [0.05, 0.1) is 6.61 Å². The largest absolute Gasteiger partial charge is 0.377 e. The number of carbonyl (C=O) groups is 1. The summed E-state index contributed by atoms with van der Waals surface area (Å²) in [5.74, 6) is -0.0948. The minimum atomic E-state index is -0.0948. The van der Waals surface area contributed by atoms with E-state index in [1.807, 2.05) is 43.4 Å². The third-order valence-electron chi connectivity index (χ3n) is 5.21. The van der Waals surface area contributed by atoms with Crippen molar-refractivity contribution in [2.24, 2.45) is 0 Å². The monoisotopic (exact) mass is 381 g/mol. The number of nitrogens with one attached hydrogen (secondary N) is 2. The predicted octanol–water partition coefficient (Wildman–Crippen LogP) is 4.05. The van der Waals surface area contributed by atoms with Gasteiger partial charge in [0.1, 0.15) is 0 Å². The standard InChI is InChI=1S/C23H31N3O2/c1-3-4-15-28-17-18-5-7-19(8-6-18)23(27)25-20-9-11-22(12-10-20)26-14-13-21(16-26)24-2/h5-12,21,24H,3-4,13-17H2,1-2H3,(H,25,27). The Kier molecular flexibility index (Phi) is 7.46. The number of carbonyl (C=O) groups excluding carboxylic acids is 1. The zero-order chi connectivity index (χ0) is 19.8. The zero-order valence-corrected chi connectivity index (χ0v) is 16.9. The lowest BCUT2D eigenvalue weighted by Crippen LogP contribution is -2.29. The summed E-state index contributed by atoms with van der Waals surface area (Å²) in [7, 11) is 2.01. The second-order valence-corrected chi connectivity index (χ2v) is 7.32. The molecule has 1 atom stereocenters. The van der Waals surface area contributed by atoms with Crippen LogP contribution in [0.3, 0.4) is 0 Å². The van der Waals surface area contributed by atoms with Crippen molar-refractivity contribution in [3.63, 3.8) is 0 Å². The Morgan fingerprint density at radius 1 is 1.14 bits per heavy atom. The summed E-state index contributed by atoms with van der Waals surface area (Å²) in [5, 5.41) is 6.31. The highest BCUT2D eigenvalue weighted by Gasteiger charge is 2.20. The summed E-state index contributed by atoms with van der Waals surface area (Å²) in [4.78, 5) is 14.9. The number of nitrogens with zero attached hydrogens (tertiary/aromatic N) is 1. The molecule has 1 aliphatic rings. The molecule has 28 heavy (non-hydrogen) atoms. The van der Waals surface area contributed by atoms with Gasteiger partial charge in [-0.3, -0.25) is 4.79 Å². The molecular formula is C23H31N3O2. The van der Waals surface area contributed by atoms with Crippen molar-refractivity contribution >= 4 is 17.3 Å². The van der Waals surface area contributed by atoms with E-state index in [0.717, 1.165) is 50.2 Å². The van der Waals surface area contributed by atoms with Crippen LogP contribution in [0, 0.1) is 0 Å². The number of unbranched alkanes of at least 4 members (excludes halogenated alkanes) is 1. The number of hydrogen-bond acceptors (Lipinski definition) is 4. The van der Waals surface area contributed by atoms with Crippen molar-refractivity contribution in [2.45, 2.75) is 38.8 Å². The van der Waals surface area contributed by atoms with Crippen molar-refractivity contribution in [3.8, 4) is 0 Å². The molecule has 5 nitrogen and oxygen atoms in total. The quantitative estimate of drug-likeness (QED) is 0.644. The molecule has 0 bridgehead atoms. The Hall–Kier alpha value is -2.37. The molecule has 1 aliphatic heterocycles. The van der Waals surface area contributed by atoms with E-state index < -0.39 is 0 Å². The van der Waals surface area contributed by atoms with E-state index in [-0.39, 0.29) is 5.91 Å². The van der Waals surface area contributed by atoms with Crippen molar-refractivity contribution in [3.05, 3.63) is 59.7 Å². The first-order valence-corrected chi connectivity index (χ1v) is 10.2. The smallest absolute Gasteiger partial charge is 0.255 e. The molecule has 1 fully saturated rings. The van der Waals surface area contributed by atoms with E-state index in [4.69, 9.17) is 4.74 Å². The molecule has 0 spiro atoms. The van der Waals surface area contributed by atoms with Crippen molar-refractivity contribution in [1.29, 1.82) is 0 Å². The molecule has 0 aromatic heterocycles. The van der Waals surface area contributed by atoms with Crippen LogP contribution in [0.1, 0.15) is 42.1 Å². The van der Waals surface area contributed by atoms with Gasteiger partial charge in [0.15, 0.2) is 0 Å². The lowest BCUT2D eigenvalue weighted by Gasteiger charge is -2.19. The van der Waals surface area contributed by atoms with Crippen molar-refractivity contribution in [2.75, 3.05) is 37.0 Å². The van der Waals surface area contributed by atoms with Gasteiger partial charge in [0.25, 0.3) is 5.91 Å². The van der Waals surface area contributed by atoms with Crippen LogP contribution in [0.2, 0.25) is 0 Å². The highest BCUT2D eigenvalue weighted by atomic mass is 16.5. The van der Waals surface area contributed by atoms with E-state index in [0.29, 0.717) is 18.2 Å². The summed E-state index contributed by atoms with van der Waals surface area (Å²) in [6.07, 6.45) is 3.37. The first-order valence-electron chi connectivity index (χ1n) is 10.2. The number of hydrogen-bond donors (Lipinski definition) is 2. The minimum absolute atomic E-state index is 0.0948. The van der Waals surface area contributed by atoms with Crippen LogP contribution in [0.5, 0.6) is 0 Å². The van der Waals surface area contributed by atoms with Crippen LogP contribution in [0.25, 0.3) is 0 Å². The second-order valence-electron chi connectivity index (χ2n) is 7.32. The summed E-state index contributed by atoms with van der Waals surface area (Å²) in [6, 6.07) is 16.2. The Morgan fingerprint density at radius 2 is 1.89 bits per heavy atom. The molecule has 1 saturated heterocycles. The van der Waals surface area contributed by atoms with Crippen LogP contribution >= 0.6 is 0 Å². The van der Waals surface area contributed by atoms with Gasteiger partial charge in [-0.2, -0.15) is 0 Å². The van der Waals surface area contributed by atoms with Gasteiger partial charge in [-0.15, -0.1) is 0 Å². The number of amides is 1. The maximum atomic E-state index is 12.5. The van der Waals surface area contributed by atoms with Crippen molar-refractivity contribution < 1.29 is 9.53 Å². The number of ether oxygens (including phenoxy) is 1. The average Bonchev–Trinajstić information content (AvgIpc) is 3.21. The normalized spacial score (nSPS) is 16.4.